The molecule has 1 aromatic rings. The first kappa shape index (κ1) is 18.7. The third kappa shape index (κ3) is 2.22. The van der Waals surface area contributed by atoms with E-state index < -0.39 is 27.5 Å². The van der Waals surface area contributed by atoms with Crippen molar-refractivity contribution in [1.82, 2.24) is 4.90 Å². The number of benzene rings is 1. The van der Waals surface area contributed by atoms with Crippen molar-refractivity contribution in [3.63, 3.8) is 0 Å². The molecule has 0 unspecified atom stereocenters. The van der Waals surface area contributed by atoms with Gasteiger partial charge in [-0.25, -0.2) is 0 Å². The van der Waals surface area contributed by atoms with Gasteiger partial charge in [0.05, 0.1) is 0 Å². The van der Waals surface area contributed by atoms with Gasteiger partial charge in [-0.3, -0.25) is 14.5 Å². The van der Waals surface area contributed by atoms with E-state index in [-0.39, 0.29) is 12.2 Å². The highest BCUT2D eigenvalue weighted by atomic mass is 35.5. The van der Waals surface area contributed by atoms with Gasteiger partial charge in [0, 0.05) is 18.5 Å². The van der Waals surface area contributed by atoms with Crippen LogP contribution in [0.2, 0.25) is 0 Å². The van der Waals surface area contributed by atoms with Crippen molar-refractivity contribution >= 4 is 35.0 Å². The van der Waals surface area contributed by atoms with Crippen molar-refractivity contribution in [2.45, 2.75) is 28.5 Å². The lowest BCUT2D eigenvalue weighted by Gasteiger charge is -2.42. The summed E-state index contributed by atoms with van der Waals surface area (Å²) in [4.78, 5) is 23.2. The number of rotatable bonds is 4. The SMILES string of the molecule is C=CCc1cccc([C@H]2C(C=C)=CC[C@@]3(Cl)C(=O)N(C)C(=O)[C@@]23Cl)c1O. The van der Waals surface area contributed by atoms with Crippen LogP contribution >= 0.6 is 23.2 Å². The highest BCUT2D eigenvalue weighted by Gasteiger charge is 2.72. The first-order chi connectivity index (χ1) is 12.2. The fraction of sp³-hybridized carbons (Fsp3) is 0.300. The molecule has 1 heterocycles. The number of alkyl halides is 2. The number of imide groups is 1. The van der Waals surface area contributed by atoms with Gasteiger partial charge in [-0.1, -0.05) is 43.0 Å². The third-order valence-electron chi connectivity index (χ3n) is 5.25. The quantitative estimate of drug-likeness (QED) is 0.483. The Bertz CT molecular complexity index is 863. The number of para-hydroxylation sites is 1. The first-order valence-electron chi connectivity index (χ1n) is 8.18. The Morgan fingerprint density at radius 3 is 2.62 bits per heavy atom. The predicted octanol–water partition coefficient (Wildman–Crippen LogP) is 3.67. The Hall–Kier alpha value is -2.04. The lowest BCUT2D eigenvalue weighted by molar-refractivity contribution is -0.137. The Morgan fingerprint density at radius 1 is 1.31 bits per heavy atom. The summed E-state index contributed by atoms with van der Waals surface area (Å²) in [5.74, 6) is -1.91. The summed E-state index contributed by atoms with van der Waals surface area (Å²) in [6.45, 7) is 7.49. The molecule has 2 amide bonds. The Balaban J connectivity index is 2.29. The summed E-state index contributed by atoms with van der Waals surface area (Å²) in [5.41, 5.74) is 1.74. The number of likely N-dealkylation sites (tertiary alicyclic amines) is 1. The van der Waals surface area contributed by atoms with Gasteiger partial charge < -0.3 is 5.11 Å². The summed E-state index contributed by atoms with van der Waals surface area (Å²) >= 11 is 13.5. The molecule has 1 N–H and O–H groups in total. The van der Waals surface area contributed by atoms with Crippen LogP contribution in [-0.4, -0.2) is 38.6 Å². The molecule has 6 heteroatoms. The van der Waals surface area contributed by atoms with Crippen LogP contribution in [0.5, 0.6) is 5.75 Å². The molecule has 0 radical (unpaired) electrons. The topological polar surface area (TPSA) is 57.6 Å². The zero-order valence-corrected chi connectivity index (χ0v) is 15.8. The summed E-state index contributed by atoms with van der Waals surface area (Å²) < 4.78 is 0. The molecule has 3 rings (SSSR count). The van der Waals surface area contributed by atoms with Crippen molar-refractivity contribution in [1.29, 1.82) is 0 Å². The zero-order valence-electron chi connectivity index (χ0n) is 14.3. The zero-order chi connectivity index (χ0) is 19.3. The lowest BCUT2D eigenvalue weighted by Crippen LogP contribution is -2.54. The van der Waals surface area contributed by atoms with Gasteiger partial charge in [0.1, 0.15) is 5.75 Å². The number of hydrogen-bond donors (Lipinski definition) is 1. The molecule has 1 fully saturated rings. The maximum atomic E-state index is 13.0. The summed E-state index contributed by atoms with van der Waals surface area (Å²) in [5, 5.41) is 10.8. The van der Waals surface area contributed by atoms with E-state index in [1.165, 1.54) is 7.05 Å². The van der Waals surface area contributed by atoms with Crippen molar-refractivity contribution in [2.75, 3.05) is 7.05 Å². The van der Waals surface area contributed by atoms with Crippen molar-refractivity contribution < 1.29 is 14.7 Å². The van der Waals surface area contributed by atoms with Crippen LogP contribution in [0.4, 0.5) is 0 Å². The predicted molar refractivity (Wildman–Crippen MR) is 103 cm³/mol. The number of nitrogens with zero attached hydrogens (tertiary/aromatic N) is 1. The largest absolute Gasteiger partial charge is 0.507 e. The fourth-order valence-corrected chi connectivity index (χ4v) is 4.80. The van der Waals surface area contributed by atoms with E-state index in [2.05, 4.69) is 13.2 Å². The molecule has 3 atom stereocenters. The summed E-state index contributed by atoms with van der Waals surface area (Å²) in [7, 11) is 1.37. The van der Waals surface area contributed by atoms with E-state index in [0.29, 0.717) is 23.1 Å². The van der Waals surface area contributed by atoms with E-state index in [1.807, 2.05) is 0 Å². The monoisotopic (exact) mass is 391 g/mol. The second-order valence-electron chi connectivity index (χ2n) is 6.58. The molecule has 0 aromatic heterocycles. The highest BCUT2D eigenvalue weighted by Crippen LogP contribution is 2.59. The average molecular weight is 392 g/mol. The molecular formula is C20H19Cl2NO3. The van der Waals surface area contributed by atoms with Gasteiger partial charge in [0.2, 0.25) is 0 Å². The molecule has 1 aliphatic carbocycles. The molecule has 0 bridgehead atoms. The van der Waals surface area contributed by atoms with Crippen molar-refractivity contribution in [3.8, 4) is 5.75 Å². The normalized spacial score (nSPS) is 30.8. The van der Waals surface area contributed by atoms with Gasteiger partial charge in [-0.2, -0.15) is 0 Å². The van der Waals surface area contributed by atoms with Crippen LogP contribution in [0, 0.1) is 0 Å². The number of phenols is 1. The van der Waals surface area contributed by atoms with Gasteiger partial charge >= 0.3 is 0 Å². The number of hydrogen-bond acceptors (Lipinski definition) is 3. The summed E-state index contributed by atoms with van der Waals surface area (Å²) in [6, 6.07) is 5.22. The molecule has 4 nitrogen and oxygen atoms in total. The molecular weight excluding hydrogens is 373 g/mol. The molecule has 1 aromatic carbocycles. The summed E-state index contributed by atoms with van der Waals surface area (Å²) in [6.07, 6.45) is 5.58. The Kier molecular flexibility index (Phi) is 4.53. The van der Waals surface area contributed by atoms with Crippen LogP contribution in [-0.2, 0) is 16.0 Å². The molecule has 136 valence electrons. The van der Waals surface area contributed by atoms with Gasteiger partial charge in [0.15, 0.2) is 9.75 Å². The van der Waals surface area contributed by atoms with Crippen LogP contribution in [0.1, 0.15) is 23.5 Å². The van der Waals surface area contributed by atoms with E-state index in [0.717, 1.165) is 4.90 Å². The standard InChI is InChI=1S/C20H19Cl2NO3/c1-4-7-13-8-6-9-14(16(13)24)15-12(5-2)10-11-19(21)17(25)23(3)18(26)20(15,19)22/h4-6,8-10,15,24H,1-2,7,11H2,3H3/t15-,19-,20+/m1/s1. The smallest absolute Gasteiger partial charge is 0.253 e. The van der Waals surface area contributed by atoms with Crippen molar-refractivity contribution in [3.05, 3.63) is 66.3 Å². The number of phenolic OH excluding ortho intramolecular Hbond substituents is 1. The number of amides is 2. The minimum atomic E-state index is -1.75. The molecule has 26 heavy (non-hydrogen) atoms. The Morgan fingerprint density at radius 2 is 2.00 bits per heavy atom. The number of allylic oxidation sites excluding steroid dienone is 4. The molecule has 0 saturated carbocycles. The number of halogens is 2. The molecule has 2 aliphatic rings. The van der Waals surface area contributed by atoms with Gasteiger partial charge in [-0.05, 0) is 24.0 Å². The number of carbonyl (C=O) groups is 2. The second kappa shape index (κ2) is 6.29. The second-order valence-corrected chi connectivity index (χ2v) is 7.82. The number of fused-ring (bicyclic) bond motifs is 1. The van der Waals surface area contributed by atoms with E-state index in [9.17, 15) is 14.7 Å². The fourth-order valence-electron chi connectivity index (χ4n) is 3.88. The number of carbonyl (C=O) groups excluding carboxylic acids is 2. The van der Waals surface area contributed by atoms with Crippen LogP contribution in [0.3, 0.4) is 0 Å². The van der Waals surface area contributed by atoms with Crippen LogP contribution in [0.25, 0.3) is 0 Å². The first-order valence-corrected chi connectivity index (χ1v) is 8.94. The molecule has 0 spiro atoms. The van der Waals surface area contributed by atoms with Crippen LogP contribution in [0.15, 0.2) is 55.2 Å². The van der Waals surface area contributed by atoms with Crippen molar-refractivity contribution in [2.24, 2.45) is 0 Å². The Labute approximate surface area is 162 Å². The third-order valence-corrected chi connectivity index (χ3v) is 6.66. The highest BCUT2D eigenvalue weighted by molar-refractivity contribution is 6.53. The minimum absolute atomic E-state index is 0.0147. The minimum Gasteiger partial charge on any atom is -0.507 e. The van der Waals surface area contributed by atoms with E-state index >= 15 is 0 Å². The van der Waals surface area contributed by atoms with Crippen LogP contribution < -0.4 is 0 Å². The lowest BCUT2D eigenvalue weighted by atomic mass is 9.68. The van der Waals surface area contributed by atoms with E-state index in [4.69, 9.17) is 23.2 Å². The van der Waals surface area contributed by atoms with Gasteiger partial charge in [0.25, 0.3) is 11.8 Å². The molecule has 1 aliphatic heterocycles. The number of aromatic hydroxyl groups is 1. The average Bonchev–Trinajstić information content (AvgIpc) is 2.76. The van der Waals surface area contributed by atoms with E-state index in [1.54, 1.807) is 36.4 Å². The molecule has 1 saturated heterocycles. The maximum Gasteiger partial charge on any atom is 0.253 e. The van der Waals surface area contributed by atoms with Gasteiger partial charge in [-0.15, -0.1) is 29.8 Å². The maximum absolute atomic E-state index is 13.0.